The Morgan fingerprint density at radius 1 is 1.53 bits per heavy atom. The highest BCUT2D eigenvalue weighted by Gasteiger charge is 2.49. The smallest absolute Gasteiger partial charge is 0.240 e. The third kappa shape index (κ3) is 2.16. The van der Waals surface area contributed by atoms with Crippen molar-refractivity contribution in [2.45, 2.75) is 45.1 Å². The minimum atomic E-state index is -0.790. The van der Waals surface area contributed by atoms with Crippen molar-refractivity contribution in [1.82, 2.24) is 5.32 Å². The minimum absolute atomic E-state index is 0.0635. The Morgan fingerprint density at radius 2 is 2.24 bits per heavy atom. The molecule has 2 unspecified atom stereocenters. The second kappa shape index (κ2) is 4.66. The average Bonchev–Trinajstić information content (AvgIpc) is 2.71. The topological polar surface area (TPSA) is 73.1 Å². The summed E-state index contributed by atoms with van der Waals surface area (Å²) in [5.74, 6) is 0.522. The van der Waals surface area contributed by atoms with Gasteiger partial charge in [-0.1, -0.05) is 13.3 Å². The van der Waals surface area contributed by atoms with E-state index >= 15 is 0 Å². The maximum Gasteiger partial charge on any atom is 0.240 e. The summed E-state index contributed by atoms with van der Waals surface area (Å²) in [6.45, 7) is 2.19. The summed E-state index contributed by atoms with van der Waals surface area (Å²) in [5.41, 5.74) is -0.790. The van der Waals surface area contributed by atoms with Gasteiger partial charge in [0.05, 0.1) is 6.07 Å². The van der Waals surface area contributed by atoms with Gasteiger partial charge in [-0.2, -0.15) is 5.26 Å². The molecule has 4 heteroatoms. The molecule has 0 radical (unpaired) electrons. The van der Waals surface area contributed by atoms with Crippen LogP contribution in [0.5, 0.6) is 0 Å². The van der Waals surface area contributed by atoms with Crippen molar-refractivity contribution in [1.29, 1.82) is 5.26 Å². The quantitative estimate of drug-likeness (QED) is 0.773. The van der Waals surface area contributed by atoms with Gasteiger partial charge in [0, 0.05) is 18.6 Å². The number of hydrogen-bond acceptors (Lipinski definition) is 3. The number of nitrogens with one attached hydrogen (secondary N) is 1. The molecule has 2 aliphatic rings. The summed E-state index contributed by atoms with van der Waals surface area (Å²) in [6, 6.07) is 2.24. The van der Waals surface area contributed by atoms with Gasteiger partial charge in [0.1, 0.15) is 5.41 Å². The van der Waals surface area contributed by atoms with E-state index in [0.717, 1.165) is 19.3 Å². The molecular weight excluding hydrogens is 216 g/mol. The highest BCUT2D eigenvalue weighted by atomic mass is 16.3. The van der Waals surface area contributed by atoms with Crippen molar-refractivity contribution in [2.75, 3.05) is 6.61 Å². The number of nitrogens with zero attached hydrogens (tertiary/aromatic N) is 1. The molecule has 2 atom stereocenters. The molecule has 2 fully saturated rings. The number of nitriles is 1. The van der Waals surface area contributed by atoms with E-state index < -0.39 is 5.41 Å². The molecular formula is C13H20N2O2. The molecule has 94 valence electrons. The lowest BCUT2D eigenvalue weighted by molar-refractivity contribution is -0.135. The van der Waals surface area contributed by atoms with Gasteiger partial charge in [0.15, 0.2) is 0 Å². The summed E-state index contributed by atoms with van der Waals surface area (Å²) in [5, 5.41) is 21.3. The van der Waals surface area contributed by atoms with Crippen LogP contribution in [0.3, 0.4) is 0 Å². The van der Waals surface area contributed by atoms with Crippen LogP contribution in [-0.4, -0.2) is 23.7 Å². The van der Waals surface area contributed by atoms with Crippen molar-refractivity contribution in [3.63, 3.8) is 0 Å². The van der Waals surface area contributed by atoms with Gasteiger partial charge in [-0.15, -0.1) is 0 Å². The Labute approximate surface area is 102 Å². The molecule has 0 bridgehead atoms. The van der Waals surface area contributed by atoms with E-state index in [4.69, 9.17) is 5.26 Å². The fraction of sp³-hybridized carbons (Fsp3) is 0.846. The van der Waals surface area contributed by atoms with Crippen molar-refractivity contribution in [3.05, 3.63) is 0 Å². The second-order valence-electron chi connectivity index (χ2n) is 5.66. The van der Waals surface area contributed by atoms with Crippen LogP contribution in [0.4, 0.5) is 0 Å². The zero-order valence-corrected chi connectivity index (χ0v) is 10.3. The van der Waals surface area contributed by atoms with Crippen LogP contribution in [0.1, 0.15) is 39.0 Å². The third-order valence-electron chi connectivity index (χ3n) is 4.25. The fourth-order valence-electron chi connectivity index (χ4n) is 3.21. The lowest BCUT2D eigenvalue weighted by atomic mass is 9.63. The molecule has 2 rings (SSSR count). The van der Waals surface area contributed by atoms with Crippen LogP contribution in [0.25, 0.3) is 0 Å². The van der Waals surface area contributed by atoms with Gasteiger partial charge in [-0.05, 0) is 31.6 Å². The molecule has 0 aromatic rings. The minimum Gasteiger partial charge on any atom is -0.396 e. The Balaban J connectivity index is 1.95. The molecule has 0 aliphatic heterocycles. The molecule has 0 heterocycles. The average molecular weight is 236 g/mol. The van der Waals surface area contributed by atoms with Crippen LogP contribution in [0.2, 0.25) is 0 Å². The van der Waals surface area contributed by atoms with Gasteiger partial charge < -0.3 is 10.4 Å². The first kappa shape index (κ1) is 12.4. The SMILES string of the molecule is CC1CC(C#N)(C(=O)NC2CCCC2CO)C1. The Hall–Kier alpha value is -1.08. The van der Waals surface area contributed by atoms with E-state index in [1.807, 2.05) is 0 Å². The normalized spacial score (nSPS) is 40.4. The molecule has 0 saturated heterocycles. The summed E-state index contributed by atoms with van der Waals surface area (Å²) < 4.78 is 0. The highest BCUT2D eigenvalue weighted by Crippen LogP contribution is 2.45. The third-order valence-corrected chi connectivity index (χ3v) is 4.25. The molecule has 2 N–H and O–H groups in total. The number of hydrogen-bond donors (Lipinski definition) is 2. The first-order valence-corrected chi connectivity index (χ1v) is 6.44. The first-order chi connectivity index (χ1) is 8.11. The lowest BCUT2D eigenvalue weighted by Crippen LogP contribution is -2.52. The predicted molar refractivity (Wildman–Crippen MR) is 62.8 cm³/mol. The van der Waals surface area contributed by atoms with Crippen LogP contribution in [0, 0.1) is 28.6 Å². The lowest BCUT2D eigenvalue weighted by Gasteiger charge is -2.40. The molecule has 0 aromatic carbocycles. The number of carbonyl (C=O) groups is 1. The van der Waals surface area contributed by atoms with Crippen molar-refractivity contribution in [2.24, 2.45) is 17.3 Å². The maximum atomic E-state index is 12.1. The van der Waals surface area contributed by atoms with Crippen molar-refractivity contribution < 1.29 is 9.90 Å². The van der Waals surface area contributed by atoms with Gasteiger partial charge in [0.25, 0.3) is 0 Å². The van der Waals surface area contributed by atoms with Crippen LogP contribution < -0.4 is 5.32 Å². The summed E-state index contributed by atoms with van der Waals surface area (Å²) >= 11 is 0. The Morgan fingerprint density at radius 3 is 2.76 bits per heavy atom. The van der Waals surface area contributed by atoms with E-state index in [1.165, 1.54) is 0 Å². The molecule has 0 spiro atoms. The molecule has 1 amide bonds. The van der Waals surface area contributed by atoms with Crippen molar-refractivity contribution >= 4 is 5.91 Å². The zero-order valence-electron chi connectivity index (χ0n) is 10.3. The Kier molecular flexibility index (Phi) is 3.39. The van der Waals surface area contributed by atoms with Gasteiger partial charge in [-0.25, -0.2) is 0 Å². The largest absolute Gasteiger partial charge is 0.396 e. The summed E-state index contributed by atoms with van der Waals surface area (Å²) in [7, 11) is 0. The van der Waals surface area contributed by atoms with E-state index in [1.54, 1.807) is 0 Å². The second-order valence-corrected chi connectivity index (χ2v) is 5.66. The summed E-state index contributed by atoms with van der Waals surface area (Å²) in [4.78, 5) is 12.1. The van der Waals surface area contributed by atoms with Crippen LogP contribution in [0.15, 0.2) is 0 Å². The fourth-order valence-corrected chi connectivity index (χ4v) is 3.21. The highest BCUT2D eigenvalue weighted by molar-refractivity contribution is 5.86. The number of aliphatic hydroxyl groups excluding tert-OH is 1. The number of amides is 1. The number of rotatable bonds is 3. The molecule has 2 aliphatic carbocycles. The van der Waals surface area contributed by atoms with Crippen LogP contribution in [-0.2, 0) is 4.79 Å². The zero-order chi connectivity index (χ0) is 12.5. The van der Waals surface area contributed by atoms with E-state index in [9.17, 15) is 9.90 Å². The first-order valence-electron chi connectivity index (χ1n) is 6.44. The molecule has 2 saturated carbocycles. The Bertz CT molecular complexity index is 342. The molecule has 0 aromatic heterocycles. The number of aliphatic hydroxyl groups is 1. The predicted octanol–water partition coefficient (Wildman–Crippen LogP) is 1.20. The standard InChI is InChI=1S/C13H20N2O2/c1-9-5-13(6-9,8-14)12(17)15-11-4-2-3-10(11)7-16/h9-11,16H,2-7H2,1H3,(H,15,17). The van der Waals surface area contributed by atoms with E-state index in [-0.39, 0.29) is 24.5 Å². The van der Waals surface area contributed by atoms with E-state index in [2.05, 4.69) is 18.3 Å². The van der Waals surface area contributed by atoms with Gasteiger partial charge >= 0.3 is 0 Å². The van der Waals surface area contributed by atoms with Gasteiger partial charge in [-0.3, -0.25) is 4.79 Å². The monoisotopic (exact) mass is 236 g/mol. The number of carbonyl (C=O) groups excluding carboxylic acids is 1. The summed E-state index contributed by atoms with van der Waals surface area (Å²) in [6.07, 6.45) is 4.29. The molecule has 17 heavy (non-hydrogen) atoms. The van der Waals surface area contributed by atoms with Crippen molar-refractivity contribution in [3.8, 4) is 6.07 Å². The molecule has 4 nitrogen and oxygen atoms in total. The van der Waals surface area contributed by atoms with Crippen LogP contribution >= 0.6 is 0 Å². The maximum absolute atomic E-state index is 12.1. The van der Waals surface area contributed by atoms with E-state index in [0.29, 0.717) is 18.8 Å². The van der Waals surface area contributed by atoms with Gasteiger partial charge in [0.2, 0.25) is 5.91 Å².